The van der Waals surface area contributed by atoms with Crippen molar-refractivity contribution in [2.24, 2.45) is 4.99 Å². The minimum Gasteiger partial charge on any atom is -0.309 e. The van der Waals surface area contributed by atoms with Crippen molar-refractivity contribution in [3.63, 3.8) is 0 Å². The van der Waals surface area contributed by atoms with Gasteiger partial charge in [0, 0.05) is 25.4 Å². The molecule has 2 rings (SSSR count). The summed E-state index contributed by atoms with van der Waals surface area (Å²) >= 11 is 11.9. The highest BCUT2D eigenvalue weighted by Crippen LogP contribution is 2.23. The van der Waals surface area contributed by atoms with Crippen LogP contribution in [0.1, 0.15) is 18.4 Å². The van der Waals surface area contributed by atoms with Gasteiger partial charge in [-0.2, -0.15) is 5.10 Å². The molecule has 0 unspecified atom stereocenters. The highest BCUT2D eigenvalue weighted by Gasteiger charge is 2.09. The summed E-state index contributed by atoms with van der Waals surface area (Å²) in [6.07, 6.45) is 2.31. The average molecular weight is 337 g/mol. The second-order valence-corrected chi connectivity index (χ2v) is 5.27. The standard InChI is InChI=1S/C15H14Cl2N4O/c1-18-13(10-4-5-11(16)12(17)9-10)6-7-15(22)20-14-3-2-8-19-21-14/h2-5,8-9H,6-7H2,1H3,(H,20,21,22). The fourth-order valence-electron chi connectivity index (χ4n) is 1.87. The lowest BCUT2D eigenvalue weighted by Gasteiger charge is -2.08. The van der Waals surface area contributed by atoms with Crippen LogP contribution in [0.25, 0.3) is 0 Å². The summed E-state index contributed by atoms with van der Waals surface area (Å²) in [6, 6.07) is 8.67. The summed E-state index contributed by atoms with van der Waals surface area (Å²) in [4.78, 5) is 16.1. The van der Waals surface area contributed by atoms with Crippen LogP contribution in [0.4, 0.5) is 5.82 Å². The van der Waals surface area contributed by atoms with Crippen molar-refractivity contribution in [2.45, 2.75) is 12.8 Å². The molecule has 7 heteroatoms. The molecular weight excluding hydrogens is 323 g/mol. The third-order valence-corrected chi connectivity index (χ3v) is 3.69. The SMILES string of the molecule is CN=C(CCC(=O)Nc1cccnn1)c1ccc(Cl)c(Cl)c1. The van der Waals surface area contributed by atoms with Crippen molar-refractivity contribution in [3.05, 3.63) is 52.1 Å². The van der Waals surface area contributed by atoms with E-state index in [-0.39, 0.29) is 12.3 Å². The Kier molecular flexibility index (Phi) is 5.86. The van der Waals surface area contributed by atoms with Crippen LogP contribution in [-0.4, -0.2) is 28.9 Å². The van der Waals surface area contributed by atoms with Crippen LogP contribution < -0.4 is 5.32 Å². The number of carbonyl (C=O) groups excluding carboxylic acids is 1. The van der Waals surface area contributed by atoms with Crippen molar-refractivity contribution in [1.29, 1.82) is 0 Å². The first-order chi connectivity index (χ1) is 10.6. The van der Waals surface area contributed by atoms with Crippen LogP contribution in [-0.2, 0) is 4.79 Å². The maximum Gasteiger partial charge on any atom is 0.225 e. The Hall–Kier alpha value is -1.98. The summed E-state index contributed by atoms with van der Waals surface area (Å²) in [5.74, 6) is 0.277. The van der Waals surface area contributed by atoms with E-state index >= 15 is 0 Å². The smallest absolute Gasteiger partial charge is 0.225 e. The number of benzene rings is 1. The Labute approximate surface area is 138 Å². The highest BCUT2D eigenvalue weighted by atomic mass is 35.5. The van der Waals surface area contributed by atoms with Gasteiger partial charge in [-0.25, -0.2) is 0 Å². The molecular formula is C15H14Cl2N4O. The number of anilines is 1. The van der Waals surface area contributed by atoms with Gasteiger partial charge in [0.1, 0.15) is 0 Å². The minimum absolute atomic E-state index is 0.151. The highest BCUT2D eigenvalue weighted by molar-refractivity contribution is 6.42. The van der Waals surface area contributed by atoms with Gasteiger partial charge in [0.15, 0.2) is 5.82 Å². The van der Waals surface area contributed by atoms with Crippen molar-refractivity contribution in [1.82, 2.24) is 10.2 Å². The molecule has 1 N–H and O–H groups in total. The average Bonchev–Trinajstić information content (AvgIpc) is 2.52. The first kappa shape index (κ1) is 16.4. The number of carbonyl (C=O) groups is 1. The predicted octanol–water partition coefficient (Wildman–Crippen LogP) is 3.62. The molecule has 0 aliphatic carbocycles. The van der Waals surface area contributed by atoms with Gasteiger partial charge in [-0.05, 0) is 36.2 Å². The van der Waals surface area contributed by atoms with E-state index in [1.54, 1.807) is 37.5 Å². The Morgan fingerprint density at radius 3 is 2.68 bits per heavy atom. The number of amides is 1. The van der Waals surface area contributed by atoms with Crippen LogP contribution >= 0.6 is 23.2 Å². The predicted molar refractivity (Wildman–Crippen MR) is 88.8 cm³/mol. The number of aliphatic imine (C=N–C) groups is 1. The molecule has 114 valence electrons. The Morgan fingerprint density at radius 2 is 2.05 bits per heavy atom. The Bertz CT molecular complexity index is 689. The molecule has 0 saturated heterocycles. The van der Waals surface area contributed by atoms with E-state index in [0.717, 1.165) is 11.3 Å². The molecule has 0 bridgehead atoms. The van der Waals surface area contributed by atoms with Crippen LogP contribution in [0, 0.1) is 0 Å². The molecule has 1 heterocycles. The number of hydrogen-bond donors (Lipinski definition) is 1. The van der Waals surface area contributed by atoms with Crippen molar-refractivity contribution in [2.75, 3.05) is 12.4 Å². The third-order valence-electron chi connectivity index (χ3n) is 2.95. The van der Waals surface area contributed by atoms with Gasteiger partial charge in [-0.3, -0.25) is 9.79 Å². The maximum absolute atomic E-state index is 11.9. The first-order valence-corrected chi connectivity index (χ1v) is 7.34. The molecule has 2 aromatic rings. The largest absolute Gasteiger partial charge is 0.309 e. The number of halogens is 2. The summed E-state index contributed by atoms with van der Waals surface area (Å²) in [5.41, 5.74) is 1.64. The number of aromatic nitrogens is 2. The molecule has 22 heavy (non-hydrogen) atoms. The zero-order chi connectivity index (χ0) is 15.9. The number of hydrogen-bond acceptors (Lipinski definition) is 4. The third kappa shape index (κ3) is 4.51. The van der Waals surface area contributed by atoms with E-state index in [0.29, 0.717) is 22.3 Å². The van der Waals surface area contributed by atoms with E-state index < -0.39 is 0 Å². The molecule has 0 spiro atoms. The molecule has 5 nitrogen and oxygen atoms in total. The Morgan fingerprint density at radius 1 is 1.23 bits per heavy atom. The van der Waals surface area contributed by atoms with Gasteiger partial charge in [0.25, 0.3) is 0 Å². The molecule has 0 atom stereocenters. The van der Waals surface area contributed by atoms with Crippen LogP contribution in [0.15, 0.2) is 41.5 Å². The second-order valence-electron chi connectivity index (χ2n) is 4.46. The molecule has 0 radical (unpaired) electrons. The normalized spacial score (nSPS) is 11.3. The van der Waals surface area contributed by atoms with Crippen molar-refractivity contribution >= 4 is 40.6 Å². The summed E-state index contributed by atoms with van der Waals surface area (Å²) in [7, 11) is 1.68. The van der Waals surface area contributed by atoms with Gasteiger partial charge in [-0.1, -0.05) is 29.3 Å². The van der Waals surface area contributed by atoms with Crippen LogP contribution in [0.3, 0.4) is 0 Å². The molecule has 0 aliphatic heterocycles. The van der Waals surface area contributed by atoms with Crippen molar-refractivity contribution in [3.8, 4) is 0 Å². The number of rotatable bonds is 5. The summed E-state index contributed by atoms with van der Waals surface area (Å²) in [5, 5.41) is 11.1. The van der Waals surface area contributed by atoms with Gasteiger partial charge in [-0.15, -0.1) is 5.10 Å². The molecule has 0 aliphatic rings. The molecule has 1 aromatic heterocycles. The lowest BCUT2D eigenvalue weighted by Crippen LogP contribution is -2.15. The van der Waals surface area contributed by atoms with E-state index in [4.69, 9.17) is 23.2 Å². The van der Waals surface area contributed by atoms with Crippen molar-refractivity contribution < 1.29 is 4.79 Å². The van der Waals surface area contributed by atoms with E-state index in [9.17, 15) is 4.79 Å². The first-order valence-electron chi connectivity index (χ1n) is 6.59. The van der Waals surface area contributed by atoms with E-state index in [1.165, 1.54) is 0 Å². The topological polar surface area (TPSA) is 67.2 Å². The zero-order valence-corrected chi connectivity index (χ0v) is 13.4. The van der Waals surface area contributed by atoms with Gasteiger partial charge in [0.05, 0.1) is 10.0 Å². The Balaban J connectivity index is 1.96. The monoisotopic (exact) mass is 336 g/mol. The van der Waals surface area contributed by atoms with Crippen LogP contribution in [0.2, 0.25) is 10.0 Å². The number of nitrogens with one attached hydrogen (secondary N) is 1. The maximum atomic E-state index is 11.9. The van der Waals surface area contributed by atoms with Gasteiger partial charge in [0.2, 0.25) is 5.91 Å². The molecule has 0 fully saturated rings. The second kappa shape index (κ2) is 7.87. The lowest BCUT2D eigenvalue weighted by molar-refractivity contribution is -0.116. The summed E-state index contributed by atoms with van der Waals surface area (Å²) < 4.78 is 0. The van der Waals surface area contributed by atoms with Crippen LogP contribution in [0.5, 0.6) is 0 Å². The number of nitrogens with zero attached hydrogens (tertiary/aromatic N) is 3. The quantitative estimate of drug-likeness (QED) is 0.848. The zero-order valence-electron chi connectivity index (χ0n) is 11.9. The van der Waals surface area contributed by atoms with E-state index in [2.05, 4.69) is 20.5 Å². The summed E-state index contributed by atoms with van der Waals surface area (Å²) in [6.45, 7) is 0. The molecule has 0 saturated carbocycles. The molecule has 1 amide bonds. The molecule has 1 aromatic carbocycles. The fraction of sp³-hybridized carbons (Fsp3) is 0.200. The fourth-order valence-corrected chi connectivity index (χ4v) is 2.16. The van der Waals surface area contributed by atoms with Gasteiger partial charge >= 0.3 is 0 Å². The lowest BCUT2D eigenvalue weighted by atomic mass is 10.1. The minimum atomic E-state index is -0.151. The van der Waals surface area contributed by atoms with Gasteiger partial charge < -0.3 is 5.32 Å². The van der Waals surface area contributed by atoms with E-state index in [1.807, 2.05) is 6.07 Å².